The molecule has 2 heterocycles. The van der Waals surface area contributed by atoms with E-state index in [4.69, 9.17) is 4.42 Å². The monoisotopic (exact) mass is 280 g/mol. The summed E-state index contributed by atoms with van der Waals surface area (Å²) in [5, 5.41) is 3.32. The first-order valence-corrected chi connectivity index (χ1v) is 7.79. The van der Waals surface area contributed by atoms with E-state index >= 15 is 0 Å². The maximum Gasteiger partial charge on any atom is 0.192 e. The van der Waals surface area contributed by atoms with E-state index in [1.807, 2.05) is 19.1 Å². The molecule has 0 saturated heterocycles. The second-order valence-electron chi connectivity index (χ2n) is 4.49. The summed E-state index contributed by atoms with van der Waals surface area (Å²) in [7, 11) is -3.24. The van der Waals surface area contributed by atoms with Gasteiger partial charge in [0.2, 0.25) is 0 Å². The Labute approximate surface area is 112 Å². The van der Waals surface area contributed by atoms with Gasteiger partial charge in [0.1, 0.15) is 5.76 Å². The van der Waals surface area contributed by atoms with Crippen LogP contribution in [-0.2, 0) is 16.3 Å². The van der Waals surface area contributed by atoms with Crippen LogP contribution in [0.3, 0.4) is 0 Å². The molecule has 19 heavy (non-hydrogen) atoms. The van der Waals surface area contributed by atoms with E-state index in [0.29, 0.717) is 0 Å². The van der Waals surface area contributed by atoms with Gasteiger partial charge in [-0.3, -0.25) is 0 Å². The van der Waals surface area contributed by atoms with Gasteiger partial charge in [-0.2, -0.15) is 0 Å². The normalized spacial score (nSPS) is 13.2. The first-order valence-electron chi connectivity index (χ1n) is 5.90. The molecule has 0 saturated carbocycles. The van der Waals surface area contributed by atoms with E-state index < -0.39 is 9.84 Å². The van der Waals surface area contributed by atoms with Gasteiger partial charge in [0.25, 0.3) is 0 Å². The molecule has 1 atom stereocenters. The van der Waals surface area contributed by atoms with Crippen molar-refractivity contribution >= 4 is 15.5 Å². The minimum atomic E-state index is -3.24. The molecule has 0 aliphatic heterocycles. The van der Waals surface area contributed by atoms with Crippen LogP contribution in [0.25, 0.3) is 0 Å². The molecule has 0 aliphatic carbocycles. The molecule has 0 aliphatic rings. The van der Waals surface area contributed by atoms with Crippen LogP contribution in [0.5, 0.6) is 0 Å². The highest BCUT2D eigenvalue weighted by atomic mass is 32.2. The lowest BCUT2D eigenvalue weighted by Gasteiger charge is -2.13. The molecule has 5 nitrogen and oxygen atoms in total. The second kappa shape index (κ2) is 5.44. The fourth-order valence-corrected chi connectivity index (χ4v) is 2.31. The van der Waals surface area contributed by atoms with E-state index in [0.717, 1.165) is 24.1 Å². The van der Waals surface area contributed by atoms with E-state index in [2.05, 4.69) is 10.3 Å². The Morgan fingerprint density at radius 2 is 2.16 bits per heavy atom. The van der Waals surface area contributed by atoms with Crippen molar-refractivity contribution in [3.8, 4) is 0 Å². The highest BCUT2D eigenvalue weighted by molar-refractivity contribution is 7.90. The molecule has 2 aromatic rings. The maximum atomic E-state index is 11.3. The van der Waals surface area contributed by atoms with Gasteiger partial charge in [0.05, 0.1) is 18.1 Å². The van der Waals surface area contributed by atoms with Crippen LogP contribution in [0.2, 0.25) is 0 Å². The Hall–Kier alpha value is -1.82. The fraction of sp³-hybridized carbons (Fsp3) is 0.308. The lowest BCUT2D eigenvalue weighted by atomic mass is 10.2. The van der Waals surface area contributed by atoms with E-state index in [1.165, 1.54) is 12.3 Å². The number of nitrogens with one attached hydrogen (secondary N) is 1. The van der Waals surface area contributed by atoms with Gasteiger partial charge < -0.3 is 9.73 Å². The molecule has 0 bridgehead atoms. The number of furan rings is 1. The fourth-order valence-electron chi connectivity index (χ4n) is 1.75. The average Bonchev–Trinajstić information content (AvgIpc) is 2.81. The van der Waals surface area contributed by atoms with Crippen LogP contribution in [0, 0.1) is 0 Å². The molecule has 1 unspecified atom stereocenters. The number of hydrogen-bond acceptors (Lipinski definition) is 5. The molecule has 0 aromatic carbocycles. The zero-order valence-corrected chi connectivity index (χ0v) is 11.6. The Balaban J connectivity index is 1.99. The van der Waals surface area contributed by atoms with Crippen molar-refractivity contribution in [3.63, 3.8) is 0 Å². The molecule has 0 radical (unpaired) electrons. The van der Waals surface area contributed by atoms with Crippen molar-refractivity contribution < 1.29 is 12.8 Å². The SMILES string of the molecule is CC(Cc1ccco1)Nc1ccc(S(C)(=O)=O)nc1. The molecule has 2 rings (SSSR count). The summed E-state index contributed by atoms with van der Waals surface area (Å²) in [5.74, 6) is 0.903. The summed E-state index contributed by atoms with van der Waals surface area (Å²) >= 11 is 0. The molecule has 102 valence electrons. The Morgan fingerprint density at radius 3 is 2.68 bits per heavy atom. The summed E-state index contributed by atoms with van der Waals surface area (Å²) in [6.45, 7) is 2.02. The number of nitrogens with zero attached hydrogens (tertiary/aromatic N) is 1. The zero-order chi connectivity index (χ0) is 13.9. The van der Waals surface area contributed by atoms with Gasteiger partial charge in [-0.1, -0.05) is 0 Å². The Morgan fingerprint density at radius 1 is 1.37 bits per heavy atom. The standard InChI is InChI=1S/C13H16N2O3S/c1-10(8-12-4-3-7-18-12)15-11-5-6-13(14-9-11)19(2,16)17/h3-7,9-10,15H,8H2,1-2H3. The van der Waals surface area contributed by atoms with Crippen LogP contribution >= 0.6 is 0 Å². The summed E-state index contributed by atoms with van der Waals surface area (Å²) in [4.78, 5) is 3.93. The van der Waals surface area contributed by atoms with Crippen LogP contribution in [0.1, 0.15) is 12.7 Å². The second-order valence-corrected chi connectivity index (χ2v) is 6.45. The first-order chi connectivity index (χ1) is 8.95. The molecule has 0 amide bonds. The van der Waals surface area contributed by atoms with E-state index in [1.54, 1.807) is 12.3 Å². The molecule has 0 spiro atoms. The molecular formula is C13H16N2O3S. The Bertz CT molecular complexity index is 618. The minimum absolute atomic E-state index is 0.0803. The van der Waals surface area contributed by atoms with E-state index in [-0.39, 0.29) is 11.1 Å². The smallest absolute Gasteiger partial charge is 0.192 e. The molecular weight excluding hydrogens is 264 g/mol. The van der Waals surface area contributed by atoms with Crippen molar-refractivity contribution in [2.75, 3.05) is 11.6 Å². The highest BCUT2D eigenvalue weighted by Crippen LogP contribution is 2.13. The van der Waals surface area contributed by atoms with Gasteiger partial charge in [-0.05, 0) is 31.2 Å². The number of hydrogen-bond donors (Lipinski definition) is 1. The third kappa shape index (κ3) is 3.82. The third-order valence-electron chi connectivity index (χ3n) is 2.62. The maximum absolute atomic E-state index is 11.3. The van der Waals surface area contributed by atoms with E-state index in [9.17, 15) is 8.42 Å². The van der Waals surface area contributed by atoms with Crippen LogP contribution in [0.4, 0.5) is 5.69 Å². The lowest BCUT2D eigenvalue weighted by Crippen LogP contribution is -2.18. The lowest BCUT2D eigenvalue weighted by molar-refractivity contribution is 0.498. The first kappa shape index (κ1) is 13.6. The predicted octanol–water partition coefficient (Wildman–Crippen LogP) is 2.12. The zero-order valence-electron chi connectivity index (χ0n) is 10.8. The number of sulfone groups is 1. The summed E-state index contributed by atoms with van der Waals surface area (Å²) in [5.41, 5.74) is 0.784. The van der Waals surface area contributed by atoms with Crippen LogP contribution in [0.15, 0.2) is 46.2 Å². The van der Waals surface area contributed by atoms with Crippen LogP contribution < -0.4 is 5.32 Å². The van der Waals surface area contributed by atoms with Crippen molar-refractivity contribution in [2.45, 2.75) is 24.4 Å². The number of anilines is 1. The third-order valence-corrected chi connectivity index (χ3v) is 3.62. The largest absolute Gasteiger partial charge is 0.469 e. The molecule has 6 heteroatoms. The van der Waals surface area contributed by atoms with Crippen molar-refractivity contribution in [1.82, 2.24) is 4.98 Å². The molecule has 2 aromatic heterocycles. The number of pyridine rings is 1. The quantitative estimate of drug-likeness (QED) is 0.908. The van der Waals surface area contributed by atoms with Crippen molar-refractivity contribution in [2.24, 2.45) is 0 Å². The van der Waals surface area contributed by atoms with Gasteiger partial charge in [0, 0.05) is 18.7 Å². The Kier molecular flexibility index (Phi) is 3.90. The predicted molar refractivity (Wildman–Crippen MR) is 72.8 cm³/mol. The average molecular weight is 280 g/mol. The van der Waals surface area contributed by atoms with Gasteiger partial charge in [-0.15, -0.1) is 0 Å². The topological polar surface area (TPSA) is 72.2 Å². The van der Waals surface area contributed by atoms with Crippen molar-refractivity contribution in [3.05, 3.63) is 42.5 Å². The van der Waals surface area contributed by atoms with Gasteiger partial charge >= 0.3 is 0 Å². The number of aromatic nitrogens is 1. The summed E-state index contributed by atoms with van der Waals surface area (Å²) in [6, 6.07) is 7.14. The molecule has 1 N–H and O–H groups in total. The van der Waals surface area contributed by atoms with Crippen LogP contribution in [-0.4, -0.2) is 25.7 Å². The van der Waals surface area contributed by atoms with Crippen molar-refractivity contribution in [1.29, 1.82) is 0 Å². The highest BCUT2D eigenvalue weighted by Gasteiger charge is 2.09. The van der Waals surface area contributed by atoms with Gasteiger partial charge in [0.15, 0.2) is 14.9 Å². The molecule has 0 fully saturated rings. The van der Waals surface area contributed by atoms with Gasteiger partial charge in [-0.25, -0.2) is 13.4 Å². The summed E-state index contributed by atoms with van der Waals surface area (Å²) in [6.07, 6.45) is 5.06. The number of rotatable bonds is 5. The summed E-state index contributed by atoms with van der Waals surface area (Å²) < 4.78 is 27.8. The minimum Gasteiger partial charge on any atom is -0.469 e.